The Bertz CT molecular complexity index is 1240. The van der Waals surface area contributed by atoms with Crippen LogP contribution in [0, 0.1) is 6.92 Å². The molecule has 0 aromatic heterocycles. The van der Waals surface area contributed by atoms with Gasteiger partial charge in [-0.1, -0.05) is 48.5 Å². The molecule has 7 heteroatoms. The van der Waals surface area contributed by atoms with E-state index < -0.39 is 10.0 Å². The van der Waals surface area contributed by atoms with Crippen molar-refractivity contribution < 1.29 is 17.9 Å². The van der Waals surface area contributed by atoms with E-state index in [1.54, 1.807) is 18.2 Å². The van der Waals surface area contributed by atoms with Crippen LogP contribution in [0.3, 0.4) is 0 Å². The molecule has 1 fully saturated rings. The minimum atomic E-state index is -3.63. The van der Waals surface area contributed by atoms with Gasteiger partial charge in [-0.15, -0.1) is 0 Å². The lowest BCUT2D eigenvalue weighted by Crippen LogP contribution is -2.40. The zero-order valence-corrected chi connectivity index (χ0v) is 18.1. The van der Waals surface area contributed by atoms with E-state index in [9.17, 15) is 13.2 Å². The molecule has 0 bridgehead atoms. The van der Waals surface area contributed by atoms with Crippen molar-refractivity contribution >= 4 is 38.5 Å². The van der Waals surface area contributed by atoms with E-state index in [0.717, 1.165) is 21.9 Å². The minimum Gasteiger partial charge on any atom is -0.379 e. The highest BCUT2D eigenvalue weighted by Crippen LogP contribution is 2.24. The summed E-state index contributed by atoms with van der Waals surface area (Å²) < 4.78 is 32.5. The van der Waals surface area contributed by atoms with Crippen LogP contribution in [0.5, 0.6) is 0 Å². The van der Waals surface area contributed by atoms with Crippen LogP contribution in [0.2, 0.25) is 0 Å². The van der Waals surface area contributed by atoms with Crippen LogP contribution in [0.4, 0.5) is 5.69 Å². The van der Waals surface area contributed by atoms with Gasteiger partial charge in [0.05, 0.1) is 18.1 Å². The molecule has 0 aliphatic carbocycles. The average Bonchev–Trinajstić information content (AvgIpc) is 2.79. The third kappa shape index (κ3) is 4.69. The van der Waals surface area contributed by atoms with Gasteiger partial charge in [-0.2, -0.15) is 4.31 Å². The van der Waals surface area contributed by atoms with Crippen molar-refractivity contribution in [3.05, 3.63) is 77.9 Å². The Morgan fingerprint density at radius 3 is 2.58 bits per heavy atom. The number of rotatable bonds is 5. The number of morpholine rings is 1. The van der Waals surface area contributed by atoms with Gasteiger partial charge in [0.2, 0.25) is 15.9 Å². The van der Waals surface area contributed by atoms with E-state index >= 15 is 0 Å². The first-order valence-electron chi connectivity index (χ1n) is 10.1. The summed E-state index contributed by atoms with van der Waals surface area (Å²) in [5.74, 6) is -0.322. The highest BCUT2D eigenvalue weighted by atomic mass is 32.2. The van der Waals surface area contributed by atoms with E-state index in [1.165, 1.54) is 16.4 Å². The van der Waals surface area contributed by atoms with Crippen molar-refractivity contribution in [1.29, 1.82) is 0 Å². The normalized spacial score (nSPS) is 15.4. The summed E-state index contributed by atoms with van der Waals surface area (Å²) in [5, 5.41) is 4.97. The topological polar surface area (TPSA) is 75.7 Å². The van der Waals surface area contributed by atoms with E-state index in [1.807, 2.05) is 49.4 Å². The number of sulfonamides is 1. The fraction of sp³-hybridized carbons (Fsp3) is 0.208. The molecule has 0 atom stereocenters. The largest absolute Gasteiger partial charge is 0.379 e. The summed E-state index contributed by atoms with van der Waals surface area (Å²) in [6.45, 7) is 3.24. The second-order valence-electron chi connectivity index (χ2n) is 7.38. The Hall–Kier alpha value is -3.00. The molecule has 0 radical (unpaired) electrons. The van der Waals surface area contributed by atoms with Crippen LogP contribution in [0.1, 0.15) is 11.1 Å². The van der Waals surface area contributed by atoms with Gasteiger partial charge >= 0.3 is 0 Å². The van der Waals surface area contributed by atoms with Gasteiger partial charge in [0.1, 0.15) is 0 Å². The van der Waals surface area contributed by atoms with E-state index in [4.69, 9.17) is 4.74 Å². The number of ether oxygens (including phenoxy) is 1. The molecule has 1 saturated heterocycles. The molecule has 1 aliphatic rings. The molecule has 4 rings (SSSR count). The molecule has 160 valence electrons. The second kappa shape index (κ2) is 9.01. The Morgan fingerprint density at radius 1 is 1.03 bits per heavy atom. The number of carbonyl (C=O) groups is 1. The molecular weight excluding hydrogens is 412 g/mol. The number of nitrogens with one attached hydrogen (secondary N) is 1. The third-order valence-electron chi connectivity index (χ3n) is 5.31. The first kappa shape index (κ1) is 21.2. The molecule has 3 aromatic carbocycles. The van der Waals surface area contributed by atoms with Crippen molar-refractivity contribution in [3.8, 4) is 0 Å². The van der Waals surface area contributed by atoms with Crippen LogP contribution in [-0.2, 0) is 19.6 Å². The summed E-state index contributed by atoms with van der Waals surface area (Å²) >= 11 is 0. The predicted octanol–water partition coefficient (Wildman–Crippen LogP) is 3.82. The Kier molecular flexibility index (Phi) is 6.18. The zero-order chi connectivity index (χ0) is 21.8. The summed E-state index contributed by atoms with van der Waals surface area (Å²) in [5.41, 5.74) is 2.20. The van der Waals surface area contributed by atoms with E-state index in [2.05, 4.69) is 5.32 Å². The number of benzene rings is 3. The Balaban J connectivity index is 1.54. The first-order valence-corrected chi connectivity index (χ1v) is 11.5. The number of fused-ring (bicyclic) bond motifs is 1. The molecule has 1 N–H and O–H groups in total. The van der Waals surface area contributed by atoms with E-state index in [-0.39, 0.29) is 10.8 Å². The fourth-order valence-corrected chi connectivity index (χ4v) is 5.00. The predicted molar refractivity (Wildman–Crippen MR) is 122 cm³/mol. The number of hydrogen-bond donors (Lipinski definition) is 1. The van der Waals surface area contributed by atoms with Crippen molar-refractivity contribution in [1.82, 2.24) is 4.31 Å². The third-order valence-corrected chi connectivity index (χ3v) is 7.21. The summed E-state index contributed by atoms with van der Waals surface area (Å²) in [6, 6.07) is 18.7. The Morgan fingerprint density at radius 2 is 1.77 bits per heavy atom. The number of aryl methyl sites for hydroxylation is 1. The number of nitrogens with zero attached hydrogens (tertiary/aromatic N) is 1. The van der Waals surface area contributed by atoms with Gasteiger partial charge in [0, 0.05) is 24.9 Å². The SMILES string of the molecule is Cc1ccc(S(=O)(=O)N2CCOCC2)cc1NC(=O)/C=C/c1cccc2ccccc12. The smallest absolute Gasteiger partial charge is 0.248 e. The molecule has 0 unspecified atom stereocenters. The molecule has 0 saturated carbocycles. The quantitative estimate of drug-likeness (QED) is 0.617. The summed E-state index contributed by atoms with van der Waals surface area (Å²) in [4.78, 5) is 12.7. The Labute approximate surface area is 182 Å². The number of hydrogen-bond acceptors (Lipinski definition) is 4. The van der Waals surface area contributed by atoms with Gasteiger partial charge in [0.25, 0.3) is 0 Å². The van der Waals surface area contributed by atoms with E-state index in [0.29, 0.717) is 32.0 Å². The number of anilines is 1. The lowest BCUT2D eigenvalue weighted by molar-refractivity contribution is -0.111. The number of amides is 1. The molecule has 1 aliphatic heterocycles. The monoisotopic (exact) mass is 436 g/mol. The molecule has 31 heavy (non-hydrogen) atoms. The van der Waals surface area contributed by atoms with Crippen molar-refractivity contribution in [2.75, 3.05) is 31.6 Å². The molecule has 1 amide bonds. The summed E-state index contributed by atoms with van der Waals surface area (Å²) in [7, 11) is -3.63. The molecule has 1 heterocycles. The van der Waals surface area contributed by atoms with Crippen LogP contribution in [0.25, 0.3) is 16.8 Å². The zero-order valence-electron chi connectivity index (χ0n) is 17.2. The molecule has 0 spiro atoms. The standard InChI is InChI=1S/C24H24N2O4S/c1-18-9-11-21(31(28,29)26-13-15-30-16-14-26)17-23(18)25-24(27)12-10-20-7-4-6-19-5-2-3-8-22(19)20/h2-12,17H,13-16H2,1H3,(H,25,27)/b12-10+. The van der Waals surface area contributed by atoms with Crippen molar-refractivity contribution in [3.63, 3.8) is 0 Å². The molecule has 6 nitrogen and oxygen atoms in total. The fourth-order valence-electron chi connectivity index (χ4n) is 3.57. The maximum absolute atomic E-state index is 12.9. The lowest BCUT2D eigenvalue weighted by atomic mass is 10.0. The maximum atomic E-state index is 12.9. The van der Waals surface area contributed by atoms with Crippen LogP contribution in [0.15, 0.2) is 71.6 Å². The van der Waals surface area contributed by atoms with Gasteiger partial charge in [0.15, 0.2) is 0 Å². The maximum Gasteiger partial charge on any atom is 0.248 e. The minimum absolute atomic E-state index is 0.160. The average molecular weight is 437 g/mol. The van der Waals surface area contributed by atoms with Gasteiger partial charge in [-0.3, -0.25) is 4.79 Å². The van der Waals surface area contributed by atoms with Gasteiger partial charge in [-0.25, -0.2) is 8.42 Å². The second-order valence-corrected chi connectivity index (χ2v) is 9.32. The first-order chi connectivity index (χ1) is 14.9. The van der Waals surface area contributed by atoms with Gasteiger partial charge < -0.3 is 10.1 Å². The van der Waals surface area contributed by atoms with Gasteiger partial charge in [-0.05, 0) is 47.0 Å². The van der Waals surface area contributed by atoms with Crippen LogP contribution < -0.4 is 5.32 Å². The highest BCUT2D eigenvalue weighted by Gasteiger charge is 2.26. The lowest BCUT2D eigenvalue weighted by Gasteiger charge is -2.26. The molecule has 3 aromatic rings. The highest BCUT2D eigenvalue weighted by molar-refractivity contribution is 7.89. The van der Waals surface area contributed by atoms with Crippen LogP contribution >= 0.6 is 0 Å². The van der Waals surface area contributed by atoms with Crippen molar-refractivity contribution in [2.24, 2.45) is 0 Å². The van der Waals surface area contributed by atoms with Crippen molar-refractivity contribution in [2.45, 2.75) is 11.8 Å². The van der Waals surface area contributed by atoms with Crippen LogP contribution in [-0.4, -0.2) is 44.9 Å². The molecular formula is C24H24N2O4S. The number of carbonyl (C=O) groups excluding carboxylic acids is 1. The summed E-state index contributed by atoms with van der Waals surface area (Å²) in [6.07, 6.45) is 3.23.